The third kappa shape index (κ3) is 3.10. The summed E-state index contributed by atoms with van der Waals surface area (Å²) in [5.74, 6) is 1.28. The van der Waals surface area contributed by atoms with Gasteiger partial charge in [0.1, 0.15) is 11.6 Å². The van der Waals surface area contributed by atoms with Crippen LogP contribution >= 0.6 is 0 Å². The van der Waals surface area contributed by atoms with Crippen molar-refractivity contribution >= 4 is 16.6 Å². The normalized spacial score (nSPS) is 18.2. The van der Waals surface area contributed by atoms with Gasteiger partial charge in [-0.1, -0.05) is 13.0 Å². The molecule has 0 amide bonds. The van der Waals surface area contributed by atoms with Gasteiger partial charge in [-0.25, -0.2) is 4.98 Å². The number of rotatable bonds is 5. The molecule has 1 fully saturated rings. The van der Waals surface area contributed by atoms with Crippen molar-refractivity contribution in [3.05, 3.63) is 30.5 Å². The molecule has 21 heavy (non-hydrogen) atoms. The minimum absolute atomic E-state index is 0.298. The molecule has 1 saturated heterocycles. The molecule has 0 bridgehead atoms. The zero-order valence-corrected chi connectivity index (χ0v) is 12.5. The van der Waals surface area contributed by atoms with E-state index < -0.39 is 0 Å². The first kappa shape index (κ1) is 14.1. The summed E-state index contributed by atoms with van der Waals surface area (Å²) in [5, 5.41) is 15.5. The fraction of sp³-hybridized carbons (Fsp3) is 0.471. The van der Waals surface area contributed by atoms with Gasteiger partial charge in [-0.2, -0.15) is 0 Å². The van der Waals surface area contributed by atoms with E-state index in [1.807, 2.05) is 24.4 Å². The highest BCUT2D eigenvalue weighted by Gasteiger charge is 2.19. The van der Waals surface area contributed by atoms with E-state index in [9.17, 15) is 5.11 Å². The van der Waals surface area contributed by atoms with Gasteiger partial charge in [0.2, 0.25) is 0 Å². The summed E-state index contributed by atoms with van der Waals surface area (Å²) in [5.41, 5.74) is 0. The molecule has 1 atom stereocenters. The molecule has 112 valence electrons. The summed E-state index contributed by atoms with van der Waals surface area (Å²) < 4.78 is 0. The number of aromatic nitrogens is 1. The van der Waals surface area contributed by atoms with Crippen molar-refractivity contribution in [2.24, 2.45) is 0 Å². The summed E-state index contributed by atoms with van der Waals surface area (Å²) in [7, 11) is 0. The van der Waals surface area contributed by atoms with Gasteiger partial charge < -0.3 is 15.3 Å². The van der Waals surface area contributed by atoms with Crippen LogP contribution in [-0.2, 0) is 0 Å². The number of aromatic hydroxyl groups is 1. The van der Waals surface area contributed by atoms with Crippen molar-refractivity contribution in [1.29, 1.82) is 0 Å². The van der Waals surface area contributed by atoms with Crippen molar-refractivity contribution < 1.29 is 5.11 Å². The van der Waals surface area contributed by atoms with Gasteiger partial charge in [-0.05, 0) is 49.4 Å². The molecular weight excluding hydrogens is 262 g/mol. The van der Waals surface area contributed by atoms with Gasteiger partial charge in [-0.3, -0.25) is 0 Å². The molecule has 0 aliphatic carbocycles. The highest BCUT2D eigenvalue weighted by atomic mass is 16.3. The Morgan fingerprint density at radius 2 is 2.29 bits per heavy atom. The largest absolute Gasteiger partial charge is 0.508 e. The molecule has 1 aliphatic heterocycles. The number of hydrogen-bond acceptors (Lipinski definition) is 4. The first-order chi connectivity index (χ1) is 10.3. The molecule has 1 aliphatic rings. The standard InChI is InChI=1S/C17H23N3O/c1-2-10-20(12-14-4-3-8-18-14)17-16-11-15(21)6-5-13(16)7-9-19-17/h5-7,9,11,14,18,21H,2-4,8,10,12H2,1H3. The zero-order chi connectivity index (χ0) is 14.7. The number of fused-ring (bicyclic) bond motifs is 1. The predicted molar refractivity (Wildman–Crippen MR) is 86.9 cm³/mol. The van der Waals surface area contributed by atoms with Crippen LogP contribution < -0.4 is 10.2 Å². The van der Waals surface area contributed by atoms with Crippen LogP contribution in [0.25, 0.3) is 10.8 Å². The lowest BCUT2D eigenvalue weighted by atomic mass is 10.1. The van der Waals surface area contributed by atoms with E-state index in [-0.39, 0.29) is 0 Å². The van der Waals surface area contributed by atoms with Crippen molar-refractivity contribution in [2.45, 2.75) is 32.2 Å². The summed E-state index contributed by atoms with van der Waals surface area (Å²) in [6.45, 7) is 5.28. The molecule has 2 aromatic rings. The third-order valence-electron chi connectivity index (χ3n) is 4.12. The Morgan fingerprint density at radius 3 is 3.05 bits per heavy atom. The highest BCUT2D eigenvalue weighted by Crippen LogP contribution is 2.28. The van der Waals surface area contributed by atoms with Gasteiger partial charge in [0, 0.05) is 30.7 Å². The van der Waals surface area contributed by atoms with E-state index in [1.54, 1.807) is 6.07 Å². The van der Waals surface area contributed by atoms with Crippen molar-refractivity contribution in [3.8, 4) is 5.75 Å². The van der Waals surface area contributed by atoms with Crippen LogP contribution in [0, 0.1) is 0 Å². The van der Waals surface area contributed by atoms with Gasteiger partial charge in [0.05, 0.1) is 0 Å². The number of pyridine rings is 1. The summed E-state index contributed by atoms with van der Waals surface area (Å²) in [6, 6.07) is 8.05. The molecule has 1 unspecified atom stereocenters. The number of phenols is 1. The van der Waals surface area contributed by atoms with Crippen LogP contribution in [0.4, 0.5) is 5.82 Å². The molecule has 0 saturated carbocycles. The Morgan fingerprint density at radius 1 is 1.38 bits per heavy atom. The van der Waals surface area contributed by atoms with E-state index in [4.69, 9.17) is 0 Å². The monoisotopic (exact) mass is 285 g/mol. The van der Waals surface area contributed by atoms with Crippen LogP contribution in [0.3, 0.4) is 0 Å². The van der Waals surface area contributed by atoms with Gasteiger partial charge in [-0.15, -0.1) is 0 Å². The fourth-order valence-corrected chi connectivity index (χ4v) is 3.13. The number of hydrogen-bond donors (Lipinski definition) is 2. The molecule has 4 nitrogen and oxygen atoms in total. The average Bonchev–Trinajstić information content (AvgIpc) is 2.99. The van der Waals surface area contributed by atoms with Gasteiger partial charge >= 0.3 is 0 Å². The lowest BCUT2D eigenvalue weighted by Gasteiger charge is -2.27. The topological polar surface area (TPSA) is 48.4 Å². The molecule has 0 spiro atoms. The molecular formula is C17H23N3O. The molecule has 2 N–H and O–H groups in total. The predicted octanol–water partition coefficient (Wildman–Crippen LogP) is 2.91. The molecule has 2 heterocycles. The maximum Gasteiger partial charge on any atom is 0.136 e. The van der Waals surface area contributed by atoms with Crippen molar-refractivity contribution in [1.82, 2.24) is 10.3 Å². The van der Waals surface area contributed by atoms with Crippen LogP contribution in [0.5, 0.6) is 5.75 Å². The Hall–Kier alpha value is -1.81. The van der Waals surface area contributed by atoms with E-state index in [1.165, 1.54) is 12.8 Å². The van der Waals surface area contributed by atoms with E-state index in [0.717, 1.165) is 42.6 Å². The second-order valence-electron chi connectivity index (χ2n) is 5.78. The van der Waals surface area contributed by atoms with Gasteiger partial charge in [0.25, 0.3) is 0 Å². The summed E-state index contributed by atoms with van der Waals surface area (Å²) in [4.78, 5) is 6.95. The number of nitrogens with one attached hydrogen (secondary N) is 1. The lowest BCUT2D eigenvalue weighted by molar-refractivity contribution is 0.476. The third-order valence-corrected chi connectivity index (χ3v) is 4.12. The minimum atomic E-state index is 0.298. The molecule has 3 rings (SSSR count). The minimum Gasteiger partial charge on any atom is -0.508 e. The average molecular weight is 285 g/mol. The Labute approximate surface area is 125 Å². The Kier molecular flexibility index (Phi) is 4.25. The highest BCUT2D eigenvalue weighted by molar-refractivity contribution is 5.93. The Balaban J connectivity index is 1.95. The lowest BCUT2D eigenvalue weighted by Crippen LogP contribution is -2.38. The van der Waals surface area contributed by atoms with Crippen LogP contribution in [0.2, 0.25) is 0 Å². The SMILES string of the molecule is CCCN(CC1CCCN1)c1nccc2ccc(O)cc12. The zero-order valence-electron chi connectivity index (χ0n) is 12.5. The number of phenolic OH excluding ortho intramolecular Hbond substituents is 1. The van der Waals surface area contributed by atoms with Gasteiger partial charge in [0.15, 0.2) is 0 Å². The maximum absolute atomic E-state index is 9.79. The summed E-state index contributed by atoms with van der Waals surface area (Å²) >= 11 is 0. The van der Waals surface area contributed by atoms with E-state index in [0.29, 0.717) is 11.8 Å². The smallest absolute Gasteiger partial charge is 0.136 e. The van der Waals surface area contributed by atoms with E-state index >= 15 is 0 Å². The fourth-order valence-electron chi connectivity index (χ4n) is 3.13. The maximum atomic E-state index is 9.79. The number of nitrogens with zero attached hydrogens (tertiary/aromatic N) is 2. The Bertz CT molecular complexity index is 608. The molecule has 4 heteroatoms. The summed E-state index contributed by atoms with van der Waals surface area (Å²) in [6.07, 6.45) is 5.44. The van der Waals surface area contributed by atoms with Crippen molar-refractivity contribution in [3.63, 3.8) is 0 Å². The second-order valence-corrected chi connectivity index (χ2v) is 5.78. The molecule has 0 radical (unpaired) electrons. The van der Waals surface area contributed by atoms with Crippen LogP contribution in [-0.4, -0.2) is 35.8 Å². The first-order valence-electron chi connectivity index (χ1n) is 7.84. The second kappa shape index (κ2) is 6.31. The number of benzene rings is 1. The first-order valence-corrected chi connectivity index (χ1v) is 7.84. The van der Waals surface area contributed by atoms with Crippen LogP contribution in [0.1, 0.15) is 26.2 Å². The van der Waals surface area contributed by atoms with Crippen LogP contribution in [0.15, 0.2) is 30.5 Å². The number of anilines is 1. The molecule has 1 aromatic carbocycles. The quantitative estimate of drug-likeness (QED) is 0.887. The van der Waals surface area contributed by atoms with Crippen molar-refractivity contribution in [2.75, 3.05) is 24.5 Å². The molecule has 1 aromatic heterocycles. The van der Waals surface area contributed by atoms with E-state index in [2.05, 4.69) is 22.1 Å².